The number of carbonyl (C=O) groups excluding carboxylic acids is 3. The fourth-order valence-corrected chi connectivity index (χ4v) is 5.47. The minimum absolute atomic E-state index is 0.0272. The van der Waals surface area contributed by atoms with Crippen molar-refractivity contribution >= 4 is 29.3 Å². The number of amides is 3. The molecule has 0 spiro atoms. The molecule has 2 atom stereocenters. The quantitative estimate of drug-likeness (QED) is 0.468. The van der Waals surface area contributed by atoms with Crippen molar-refractivity contribution in [1.82, 2.24) is 15.5 Å². The van der Waals surface area contributed by atoms with E-state index in [9.17, 15) is 18.8 Å². The second-order valence-electron chi connectivity index (χ2n) is 10.6. The van der Waals surface area contributed by atoms with Gasteiger partial charge < -0.3 is 29.7 Å². The lowest BCUT2D eigenvalue weighted by atomic mass is 10.0. The van der Waals surface area contributed by atoms with Crippen molar-refractivity contribution in [3.63, 3.8) is 0 Å². The van der Waals surface area contributed by atoms with E-state index in [1.54, 1.807) is 23.1 Å². The van der Waals surface area contributed by atoms with Gasteiger partial charge in [-0.1, -0.05) is 29.8 Å². The van der Waals surface area contributed by atoms with Crippen molar-refractivity contribution < 1.29 is 33.0 Å². The van der Waals surface area contributed by atoms with Gasteiger partial charge in [-0.15, -0.1) is 0 Å². The van der Waals surface area contributed by atoms with Gasteiger partial charge in [0.05, 0.1) is 19.6 Å². The Bertz CT molecular complexity index is 1460. The largest absolute Gasteiger partial charge is 0.493 e. The van der Waals surface area contributed by atoms with Gasteiger partial charge in [0.1, 0.15) is 17.7 Å². The van der Waals surface area contributed by atoms with Crippen LogP contribution in [0.2, 0.25) is 5.02 Å². The first-order valence-corrected chi connectivity index (χ1v) is 14.5. The normalized spacial score (nSPS) is 19.4. The Labute approximate surface area is 254 Å². The van der Waals surface area contributed by atoms with E-state index < -0.39 is 23.9 Å². The molecule has 226 valence electrons. The van der Waals surface area contributed by atoms with E-state index in [4.69, 9.17) is 25.8 Å². The first-order valence-electron chi connectivity index (χ1n) is 14.1. The number of likely N-dealkylation sites (tertiary alicyclic amines) is 1. The molecule has 3 amide bonds. The highest BCUT2D eigenvalue weighted by Gasteiger charge is 2.34. The average Bonchev–Trinajstić information content (AvgIpc) is 2.98. The minimum Gasteiger partial charge on any atom is -0.493 e. The third kappa shape index (κ3) is 8.16. The summed E-state index contributed by atoms with van der Waals surface area (Å²) in [6.45, 7) is 0.681. The van der Waals surface area contributed by atoms with Crippen LogP contribution in [0.5, 0.6) is 17.2 Å². The number of nitrogens with one attached hydrogen (secondary N) is 2. The van der Waals surface area contributed by atoms with Gasteiger partial charge in [-0.2, -0.15) is 0 Å². The van der Waals surface area contributed by atoms with Crippen LogP contribution in [-0.2, 0) is 33.8 Å². The van der Waals surface area contributed by atoms with Gasteiger partial charge in [-0.25, -0.2) is 4.39 Å². The average molecular weight is 610 g/mol. The summed E-state index contributed by atoms with van der Waals surface area (Å²) in [6, 6.07) is 16.2. The van der Waals surface area contributed by atoms with Crippen LogP contribution in [0.3, 0.4) is 0 Å². The van der Waals surface area contributed by atoms with Gasteiger partial charge in [-0.05, 0) is 65.6 Å². The molecule has 2 N–H and O–H groups in total. The van der Waals surface area contributed by atoms with Crippen LogP contribution in [0.15, 0.2) is 60.7 Å². The number of benzene rings is 3. The summed E-state index contributed by atoms with van der Waals surface area (Å²) < 4.78 is 31.4. The highest BCUT2D eigenvalue weighted by atomic mass is 35.5. The third-order valence-electron chi connectivity index (χ3n) is 7.45. The lowest BCUT2D eigenvalue weighted by Gasteiger charge is -2.39. The summed E-state index contributed by atoms with van der Waals surface area (Å²) in [5.41, 5.74) is 2.29. The smallest absolute Gasteiger partial charge is 0.258 e. The molecule has 0 unspecified atom stereocenters. The van der Waals surface area contributed by atoms with Crippen LogP contribution in [0.25, 0.3) is 0 Å². The number of nitrogens with zero attached hydrogens (tertiary/aromatic N) is 1. The summed E-state index contributed by atoms with van der Waals surface area (Å²) >= 11 is 5.97. The molecular formula is C32H33ClFN3O6. The lowest BCUT2D eigenvalue weighted by Crippen LogP contribution is -2.58. The minimum atomic E-state index is -0.543. The molecule has 4 bridgehead atoms. The molecule has 11 heteroatoms. The molecule has 0 aliphatic carbocycles. The molecule has 0 radical (unpaired) electrons. The van der Waals surface area contributed by atoms with E-state index in [0.29, 0.717) is 55.2 Å². The van der Waals surface area contributed by atoms with Crippen molar-refractivity contribution in [2.45, 2.75) is 44.4 Å². The van der Waals surface area contributed by atoms with E-state index in [0.717, 1.165) is 11.1 Å². The lowest BCUT2D eigenvalue weighted by molar-refractivity contribution is -0.135. The van der Waals surface area contributed by atoms with Gasteiger partial charge in [0.15, 0.2) is 18.1 Å². The summed E-state index contributed by atoms with van der Waals surface area (Å²) in [5, 5.41) is 6.14. The number of piperidine rings is 1. The summed E-state index contributed by atoms with van der Waals surface area (Å²) in [6.07, 6.45) is 0.822. The molecule has 3 aromatic rings. The number of methoxy groups -OCH3 is 1. The van der Waals surface area contributed by atoms with Gasteiger partial charge in [0, 0.05) is 37.5 Å². The highest BCUT2D eigenvalue weighted by molar-refractivity contribution is 6.30. The van der Waals surface area contributed by atoms with E-state index in [-0.39, 0.29) is 36.4 Å². The standard InChI is InChI=1S/C32H33ClFN3O6/c1-41-29-14-20-4-8-28(29)42-19-31(39)36-26-18-37(32(40)15-22-12-23(33)16-24(34)13-22)11-10-27(26)43-25-6-2-21(3-7-25)17-35-30(38)9-5-20/h2-4,6-8,12-14,16,26-27H,5,9-11,15,17-19H2,1H3,(H,35,38)(H,36,39)/t26-,27-/m1/s1. The fraction of sp³-hybridized carbons (Fsp3) is 0.344. The first kappa shape index (κ1) is 30.2. The molecule has 43 heavy (non-hydrogen) atoms. The molecular weight excluding hydrogens is 577 g/mol. The van der Waals surface area contributed by atoms with Crippen molar-refractivity contribution in [3.05, 3.63) is 88.2 Å². The second-order valence-corrected chi connectivity index (χ2v) is 11.0. The number of hydrogen-bond donors (Lipinski definition) is 2. The van der Waals surface area contributed by atoms with Crippen LogP contribution >= 0.6 is 11.6 Å². The Balaban J connectivity index is 1.35. The maximum Gasteiger partial charge on any atom is 0.258 e. The maximum absolute atomic E-state index is 13.8. The molecule has 0 saturated carbocycles. The van der Waals surface area contributed by atoms with Gasteiger partial charge in [0.25, 0.3) is 5.91 Å². The Kier molecular flexibility index (Phi) is 9.66. The molecule has 3 aromatic carbocycles. The number of aryl methyl sites for hydroxylation is 1. The molecule has 1 fully saturated rings. The molecule has 5 aliphatic rings. The number of hydrogen-bond acceptors (Lipinski definition) is 6. The fourth-order valence-electron chi connectivity index (χ4n) is 5.22. The summed E-state index contributed by atoms with van der Waals surface area (Å²) in [4.78, 5) is 40.3. The monoisotopic (exact) mass is 609 g/mol. The van der Waals surface area contributed by atoms with Crippen LogP contribution in [0, 0.1) is 5.82 Å². The summed E-state index contributed by atoms with van der Waals surface area (Å²) in [7, 11) is 1.51. The zero-order valence-corrected chi connectivity index (χ0v) is 24.5. The van der Waals surface area contributed by atoms with Crippen molar-refractivity contribution in [2.24, 2.45) is 0 Å². The number of rotatable bonds is 3. The Morgan fingerprint density at radius 1 is 1.05 bits per heavy atom. The SMILES string of the molecule is COc1cc2ccc1OCC(=O)N[C@@H]1CN(C(=O)Cc3cc(F)cc(Cl)c3)CC[C@H]1Oc1ccc(cc1)CNC(=O)CC2. The van der Waals surface area contributed by atoms with Crippen LogP contribution in [-0.4, -0.2) is 61.6 Å². The molecule has 9 nitrogen and oxygen atoms in total. The molecule has 0 aromatic heterocycles. The van der Waals surface area contributed by atoms with Gasteiger partial charge in [0.2, 0.25) is 11.8 Å². The zero-order valence-electron chi connectivity index (χ0n) is 23.7. The predicted octanol–water partition coefficient (Wildman–Crippen LogP) is 3.84. The van der Waals surface area contributed by atoms with Gasteiger partial charge >= 0.3 is 0 Å². The number of ether oxygens (including phenoxy) is 3. The summed E-state index contributed by atoms with van der Waals surface area (Å²) in [5.74, 6) is 0.253. The molecule has 1 saturated heterocycles. The topological polar surface area (TPSA) is 106 Å². The zero-order chi connectivity index (χ0) is 30.3. The number of carbonyl (C=O) groups is 3. The van der Waals surface area contributed by atoms with Gasteiger partial charge in [-0.3, -0.25) is 14.4 Å². The Hall–Kier alpha value is -4.31. The van der Waals surface area contributed by atoms with Crippen molar-refractivity contribution in [3.8, 4) is 17.2 Å². The number of halogens is 2. The van der Waals surface area contributed by atoms with E-state index in [1.165, 1.54) is 19.2 Å². The highest BCUT2D eigenvalue weighted by Crippen LogP contribution is 2.29. The Morgan fingerprint density at radius 2 is 1.84 bits per heavy atom. The van der Waals surface area contributed by atoms with Crippen LogP contribution in [0.1, 0.15) is 29.5 Å². The van der Waals surface area contributed by atoms with E-state index >= 15 is 0 Å². The third-order valence-corrected chi connectivity index (χ3v) is 7.67. The molecule has 8 rings (SSSR count). The second kappa shape index (κ2) is 13.8. The maximum atomic E-state index is 13.8. The molecule has 5 heterocycles. The van der Waals surface area contributed by atoms with Crippen LogP contribution in [0.4, 0.5) is 4.39 Å². The predicted molar refractivity (Wildman–Crippen MR) is 158 cm³/mol. The van der Waals surface area contributed by atoms with Crippen molar-refractivity contribution in [2.75, 3.05) is 26.8 Å². The van der Waals surface area contributed by atoms with Crippen LogP contribution < -0.4 is 24.8 Å². The van der Waals surface area contributed by atoms with E-state index in [2.05, 4.69) is 10.6 Å². The Morgan fingerprint density at radius 3 is 2.60 bits per heavy atom. The first-order chi connectivity index (χ1) is 20.7. The van der Waals surface area contributed by atoms with E-state index in [1.807, 2.05) is 30.3 Å². The molecule has 5 aliphatic heterocycles. The van der Waals surface area contributed by atoms with Crippen molar-refractivity contribution in [1.29, 1.82) is 0 Å².